The third-order valence-electron chi connectivity index (χ3n) is 5.42. The summed E-state index contributed by atoms with van der Waals surface area (Å²) in [5, 5.41) is 3.00. The fourth-order valence-corrected chi connectivity index (χ4v) is 3.84. The summed E-state index contributed by atoms with van der Waals surface area (Å²) in [4.78, 5) is 19.1. The molecular formula is C21H23N3O3. The lowest BCUT2D eigenvalue weighted by atomic mass is 10.0. The largest absolute Gasteiger partial charge is 0.486 e. The highest BCUT2D eigenvalue weighted by Gasteiger charge is 2.29. The predicted octanol–water partition coefficient (Wildman–Crippen LogP) is 3.09. The van der Waals surface area contributed by atoms with Gasteiger partial charge in [-0.3, -0.25) is 4.79 Å². The number of carbonyl (C=O) groups is 1. The molecule has 1 atom stereocenters. The average molecular weight is 365 g/mol. The molecule has 3 aliphatic rings. The molecule has 1 N–H and O–H groups in total. The molecule has 1 aromatic carbocycles. The number of rotatable bonds is 4. The monoisotopic (exact) mass is 365 g/mol. The molecule has 0 spiro atoms. The highest BCUT2D eigenvalue weighted by molar-refractivity contribution is 5.94. The van der Waals surface area contributed by atoms with Crippen molar-refractivity contribution in [2.24, 2.45) is 0 Å². The molecule has 27 heavy (non-hydrogen) atoms. The van der Waals surface area contributed by atoms with E-state index in [9.17, 15) is 4.79 Å². The first kappa shape index (κ1) is 16.4. The van der Waals surface area contributed by atoms with Crippen LogP contribution in [0, 0.1) is 0 Å². The fourth-order valence-electron chi connectivity index (χ4n) is 3.84. The zero-order chi connectivity index (χ0) is 18.2. The number of amides is 1. The van der Waals surface area contributed by atoms with Crippen molar-refractivity contribution in [3.63, 3.8) is 0 Å². The van der Waals surface area contributed by atoms with E-state index in [1.807, 2.05) is 18.2 Å². The first-order valence-electron chi connectivity index (χ1n) is 9.71. The van der Waals surface area contributed by atoms with Crippen LogP contribution in [0.1, 0.15) is 47.6 Å². The van der Waals surface area contributed by atoms with E-state index in [2.05, 4.69) is 27.3 Å². The lowest BCUT2D eigenvalue weighted by molar-refractivity contribution is 0.0950. The maximum absolute atomic E-state index is 12.2. The smallest absolute Gasteiger partial charge is 0.253 e. The van der Waals surface area contributed by atoms with Crippen LogP contribution in [0.15, 0.2) is 36.5 Å². The number of aromatic nitrogens is 1. The van der Waals surface area contributed by atoms with Crippen molar-refractivity contribution < 1.29 is 14.3 Å². The number of nitrogens with zero attached hydrogens (tertiary/aromatic N) is 2. The molecule has 140 valence electrons. The van der Waals surface area contributed by atoms with Gasteiger partial charge in [-0.2, -0.15) is 0 Å². The summed E-state index contributed by atoms with van der Waals surface area (Å²) in [5.41, 5.74) is 1.84. The van der Waals surface area contributed by atoms with Gasteiger partial charge in [0.05, 0.1) is 11.6 Å². The number of benzene rings is 1. The summed E-state index contributed by atoms with van der Waals surface area (Å²) in [6.07, 6.45) is 6.05. The Hall–Kier alpha value is -2.76. The lowest BCUT2D eigenvalue weighted by Gasteiger charge is -2.27. The summed E-state index contributed by atoms with van der Waals surface area (Å²) in [7, 11) is 0. The zero-order valence-corrected chi connectivity index (χ0v) is 15.2. The predicted molar refractivity (Wildman–Crippen MR) is 101 cm³/mol. The van der Waals surface area contributed by atoms with Crippen molar-refractivity contribution in [1.82, 2.24) is 10.3 Å². The van der Waals surface area contributed by atoms with Crippen LogP contribution < -0.4 is 19.7 Å². The van der Waals surface area contributed by atoms with Gasteiger partial charge in [0, 0.05) is 18.8 Å². The fraction of sp³-hybridized carbons (Fsp3) is 0.429. The van der Waals surface area contributed by atoms with Gasteiger partial charge in [0.15, 0.2) is 11.5 Å². The van der Waals surface area contributed by atoms with Crippen LogP contribution in [0.3, 0.4) is 0 Å². The van der Waals surface area contributed by atoms with Crippen molar-refractivity contribution in [3.8, 4) is 11.5 Å². The minimum absolute atomic E-state index is 0.0265. The first-order valence-corrected chi connectivity index (χ1v) is 9.71. The number of pyridine rings is 1. The molecule has 1 aromatic heterocycles. The van der Waals surface area contributed by atoms with Crippen molar-refractivity contribution in [1.29, 1.82) is 0 Å². The van der Waals surface area contributed by atoms with Gasteiger partial charge in [-0.15, -0.1) is 0 Å². The number of hydrogen-bond donors (Lipinski definition) is 1. The van der Waals surface area contributed by atoms with E-state index in [0.29, 0.717) is 24.8 Å². The average Bonchev–Trinajstić information content (AvgIpc) is 3.39. The van der Waals surface area contributed by atoms with E-state index in [-0.39, 0.29) is 11.9 Å². The van der Waals surface area contributed by atoms with Crippen LogP contribution in [-0.4, -0.2) is 36.7 Å². The molecule has 1 saturated carbocycles. The van der Waals surface area contributed by atoms with E-state index in [4.69, 9.17) is 9.47 Å². The van der Waals surface area contributed by atoms with Crippen LogP contribution in [0.2, 0.25) is 0 Å². The van der Waals surface area contributed by atoms with Crippen molar-refractivity contribution in [3.05, 3.63) is 47.7 Å². The number of fused-ring (bicyclic) bond motifs is 1. The third-order valence-corrected chi connectivity index (χ3v) is 5.42. The van der Waals surface area contributed by atoms with Gasteiger partial charge < -0.3 is 19.7 Å². The van der Waals surface area contributed by atoms with Crippen molar-refractivity contribution in [2.45, 2.75) is 37.8 Å². The standard InChI is InChI=1S/C21H23N3O3/c25-21(23-16-5-6-16)15-4-8-20(22-13-15)24-9-1-2-17(24)14-3-7-18-19(12-14)27-11-10-26-18/h3-4,7-8,12-13,16-17H,1-2,5-6,9-11H2,(H,23,25). The van der Waals surface area contributed by atoms with E-state index < -0.39 is 0 Å². The molecular weight excluding hydrogens is 342 g/mol. The maximum atomic E-state index is 12.2. The normalized spacial score (nSPS) is 21.2. The highest BCUT2D eigenvalue weighted by atomic mass is 16.6. The second-order valence-electron chi connectivity index (χ2n) is 7.41. The molecule has 1 saturated heterocycles. The molecule has 5 rings (SSSR count). The molecule has 6 heteroatoms. The van der Waals surface area contributed by atoms with Crippen LogP contribution in [0.4, 0.5) is 5.82 Å². The van der Waals surface area contributed by atoms with E-state index in [1.165, 1.54) is 5.56 Å². The Kier molecular flexibility index (Phi) is 4.11. The van der Waals surface area contributed by atoms with Crippen molar-refractivity contribution >= 4 is 11.7 Å². The molecule has 6 nitrogen and oxygen atoms in total. The van der Waals surface area contributed by atoms with Gasteiger partial charge in [-0.05, 0) is 55.5 Å². The maximum Gasteiger partial charge on any atom is 0.253 e. The minimum Gasteiger partial charge on any atom is -0.486 e. The highest BCUT2D eigenvalue weighted by Crippen LogP contribution is 2.39. The molecule has 2 aromatic rings. The first-order chi connectivity index (χ1) is 13.3. The molecule has 2 aliphatic heterocycles. The Bertz CT molecular complexity index is 848. The molecule has 1 unspecified atom stereocenters. The Balaban J connectivity index is 1.35. The molecule has 0 bridgehead atoms. The second kappa shape index (κ2) is 6.76. The van der Waals surface area contributed by atoms with Crippen molar-refractivity contribution in [2.75, 3.05) is 24.7 Å². The van der Waals surface area contributed by atoms with E-state index in [1.54, 1.807) is 6.20 Å². The van der Waals surface area contributed by atoms with Gasteiger partial charge >= 0.3 is 0 Å². The van der Waals surface area contributed by atoms with Gasteiger partial charge in [0.25, 0.3) is 5.91 Å². The van der Waals surface area contributed by atoms with E-state index in [0.717, 1.165) is 49.5 Å². The number of nitrogens with one attached hydrogen (secondary N) is 1. The molecule has 0 radical (unpaired) electrons. The molecule has 3 heterocycles. The van der Waals surface area contributed by atoms with Gasteiger partial charge in [0.2, 0.25) is 0 Å². The summed E-state index contributed by atoms with van der Waals surface area (Å²) < 4.78 is 11.4. The third kappa shape index (κ3) is 3.31. The summed E-state index contributed by atoms with van der Waals surface area (Å²) in [5.74, 6) is 2.53. The Morgan fingerprint density at radius 1 is 1.07 bits per heavy atom. The summed E-state index contributed by atoms with van der Waals surface area (Å²) >= 11 is 0. The van der Waals surface area contributed by atoms with Crippen LogP contribution >= 0.6 is 0 Å². The lowest BCUT2D eigenvalue weighted by Crippen LogP contribution is -2.26. The Labute approximate surface area is 158 Å². The van der Waals surface area contributed by atoms with Crippen LogP contribution in [0.25, 0.3) is 0 Å². The number of anilines is 1. The Morgan fingerprint density at radius 2 is 1.93 bits per heavy atom. The second-order valence-corrected chi connectivity index (χ2v) is 7.41. The van der Waals surface area contributed by atoms with Gasteiger partial charge in [-0.25, -0.2) is 4.98 Å². The molecule has 1 aliphatic carbocycles. The number of hydrogen-bond acceptors (Lipinski definition) is 5. The summed E-state index contributed by atoms with van der Waals surface area (Å²) in [6.45, 7) is 2.16. The zero-order valence-electron chi connectivity index (χ0n) is 15.2. The molecule has 2 fully saturated rings. The van der Waals surface area contributed by atoms with E-state index >= 15 is 0 Å². The van der Waals surface area contributed by atoms with Gasteiger partial charge in [-0.1, -0.05) is 6.07 Å². The summed E-state index contributed by atoms with van der Waals surface area (Å²) in [6, 6.07) is 10.7. The van der Waals surface area contributed by atoms with Gasteiger partial charge in [0.1, 0.15) is 19.0 Å². The quantitative estimate of drug-likeness (QED) is 0.902. The van der Waals surface area contributed by atoms with Crippen LogP contribution in [0.5, 0.6) is 11.5 Å². The number of carbonyl (C=O) groups excluding carboxylic acids is 1. The van der Waals surface area contributed by atoms with Crippen LogP contribution in [-0.2, 0) is 0 Å². The topological polar surface area (TPSA) is 63.7 Å². The Morgan fingerprint density at radius 3 is 2.70 bits per heavy atom. The number of ether oxygens (including phenoxy) is 2. The SMILES string of the molecule is O=C(NC1CC1)c1ccc(N2CCCC2c2ccc3c(c2)OCCO3)nc1. The molecule has 1 amide bonds. The minimum atomic E-state index is -0.0265.